The molecular weight excluding hydrogens is 354 g/mol. The molecule has 1 aromatic carbocycles. The predicted octanol–water partition coefficient (Wildman–Crippen LogP) is 1.09. The van der Waals surface area contributed by atoms with Gasteiger partial charge in [-0.15, -0.1) is 0 Å². The highest BCUT2D eigenvalue weighted by molar-refractivity contribution is 5.95. The summed E-state index contributed by atoms with van der Waals surface area (Å²) < 4.78 is 21.6. The number of aliphatic imine (C=N–C) groups is 2. The van der Waals surface area contributed by atoms with Crippen LogP contribution in [-0.2, 0) is 4.84 Å². The fourth-order valence-electron chi connectivity index (χ4n) is 2.56. The van der Waals surface area contributed by atoms with Crippen molar-refractivity contribution in [2.24, 2.45) is 21.5 Å². The zero-order valence-corrected chi connectivity index (χ0v) is 16.3. The molecule has 1 aromatic rings. The number of hydrogen-bond donors (Lipinski definition) is 2. The number of guanidine groups is 2. The van der Waals surface area contributed by atoms with Gasteiger partial charge >= 0.3 is 0 Å². The van der Waals surface area contributed by atoms with E-state index in [1.54, 1.807) is 33.5 Å². The van der Waals surface area contributed by atoms with Crippen molar-refractivity contribution in [3.05, 3.63) is 12.1 Å². The second-order valence-corrected chi connectivity index (χ2v) is 6.13. The maximum atomic E-state index is 5.86. The van der Waals surface area contributed by atoms with Crippen molar-refractivity contribution in [1.29, 1.82) is 0 Å². The van der Waals surface area contributed by atoms with Gasteiger partial charge in [-0.3, -0.25) is 4.84 Å². The summed E-state index contributed by atoms with van der Waals surface area (Å²) in [5.41, 5.74) is 10.8. The minimum Gasteiger partial charge on any atom is -0.493 e. The molecule has 1 heterocycles. The van der Waals surface area contributed by atoms with Crippen LogP contribution in [0.25, 0.3) is 0 Å². The molecule has 0 atom stereocenters. The molecule has 4 N–H and O–H groups in total. The van der Waals surface area contributed by atoms with Crippen molar-refractivity contribution in [3.63, 3.8) is 0 Å². The molecule has 0 saturated carbocycles. The molecule has 0 spiro atoms. The molecule has 0 aliphatic carbocycles. The van der Waals surface area contributed by atoms with Gasteiger partial charge in [0.25, 0.3) is 0 Å². The van der Waals surface area contributed by atoms with Crippen molar-refractivity contribution in [2.75, 3.05) is 34.5 Å². The van der Waals surface area contributed by atoms with E-state index in [0.717, 1.165) is 0 Å². The molecule has 0 radical (unpaired) electrons. The van der Waals surface area contributed by atoms with Crippen molar-refractivity contribution in [3.8, 4) is 23.0 Å². The van der Waals surface area contributed by atoms with E-state index < -0.39 is 5.66 Å². The molecular formula is C17H27N5O5. The smallest absolute Gasteiger partial charge is 0.226 e. The molecule has 0 amide bonds. The zero-order valence-electron chi connectivity index (χ0n) is 16.3. The highest BCUT2D eigenvalue weighted by atomic mass is 16.7. The number of rotatable bonds is 9. The van der Waals surface area contributed by atoms with E-state index in [9.17, 15) is 0 Å². The van der Waals surface area contributed by atoms with Gasteiger partial charge in [-0.05, 0) is 13.8 Å². The first-order chi connectivity index (χ1) is 12.8. The minimum absolute atomic E-state index is 0.128. The average molecular weight is 381 g/mol. The van der Waals surface area contributed by atoms with Crippen molar-refractivity contribution in [2.45, 2.75) is 25.9 Å². The minimum atomic E-state index is -0.729. The van der Waals surface area contributed by atoms with Gasteiger partial charge in [-0.2, -0.15) is 10.1 Å². The molecule has 150 valence electrons. The maximum Gasteiger partial charge on any atom is 0.226 e. The summed E-state index contributed by atoms with van der Waals surface area (Å²) in [5.74, 6) is 2.45. The largest absolute Gasteiger partial charge is 0.493 e. The van der Waals surface area contributed by atoms with Crippen LogP contribution in [0.1, 0.15) is 20.3 Å². The summed E-state index contributed by atoms with van der Waals surface area (Å²) in [6.45, 7) is 4.43. The maximum absolute atomic E-state index is 5.86. The van der Waals surface area contributed by atoms with Gasteiger partial charge in [-0.25, -0.2) is 4.99 Å². The molecule has 0 fully saturated rings. The van der Waals surface area contributed by atoms with Crippen LogP contribution < -0.4 is 30.4 Å². The van der Waals surface area contributed by atoms with Crippen LogP contribution in [0.2, 0.25) is 0 Å². The molecule has 0 unspecified atom stereocenters. The van der Waals surface area contributed by atoms with Crippen molar-refractivity contribution < 1.29 is 23.8 Å². The second kappa shape index (κ2) is 8.67. The lowest BCUT2D eigenvalue weighted by Crippen LogP contribution is -2.53. The molecule has 0 bridgehead atoms. The monoisotopic (exact) mass is 381 g/mol. The Hall–Kier alpha value is -2.88. The molecule has 1 aliphatic rings. The first-order valence-corrected chi connectivity index (χ1v) is 8.37. The fourth-order valence-corrected chi connectivity index (χ4v) is 2.56. The number of hydroxylamine groups is 2. The topological polar surface area (TPSA) is 126 Å². The molecule has 27 heavy (non-hydrogen) atoms. The molecule has 2 rings (SSSR count). The highest BCUT2D eigenvalue weighted by Gasteiger charge is 2.32. The van der Waals surface area contributed by atoms with E-state index in [0.29, 0.717) is 42.6 Å². The van der Waals surface area contributed by atoms with Gasteiger partial charge in [0.2, 0.25) is 17.7 Å². The number of benzene rings is 1. The first kappa shape index (κ1) is 20.4. The van der Waals surface area contributed by atoms with Crippen LogP contribution in [-0.4, -0.2) is 57.2 Å². The predicted molar refractivity (Wildman–Crippen MR) is 101 cm³/mol. The molecule has 0 aromatic heterocycles. The van der Waals surface area contributed by atoms with E-state index in [2.05, 4.69) is 9.98 Å². The molecule has 10 nitrogen and oxygen atoms in total. The van der Waals surface area contributed by atoms with Gasteiger partial charge in [-0.1, -0.05) is 0 Å². The van der Waals surface area contributed by atoms with Gasteiger partial charge in [0.15, 0.2) is 17.2 Å². The number of ether oxygens (including phenoxy) is 4. The number of nitrogens with zero attached hydrogens (tertiary/aromatic N) is 3. The Morgan fingerprint density at radius 3 is 2.15 bits per heavy atom. The van der Waals surface area contributed by atoms with E-state index >= 15 is 0 Å². The van der Waals surface area contributed by atoms with Gasteiger partial charge in [0.1, 0.15) is 5.75 Å². The Balaban J connectivity index is 1.88. The lowest BCUT2D eigenvalue weighted by atomic mass is 10.2. The normalized spacial score (nSPS) is 15.7. The molecule has 1 aliphatic heterocycles. The SMILES string of the molecule is COc1cc(OCCCON2C(N)=NC(N)=NC2(C)C)cc(OC)c1OC. The van der Waals surface area contributed by atoms with Crippen LogP contribution in [0.4, 0.5) is 0 Å². The van der Waals surface area contributed by atoms with E-state index in [-0.39, 0.29) is 11.9 Å². The van der Waals surface area contributed by atoms with E-state index in [1.807, 2.05) is 13.8 Å². The summed E-state index contributed by atoms with van der Waals surface area (Å²) in [5, 5.41) is 1.43. The summed E-state index contributed by atoms with van der Waals surface area (Å²) in [7, 11) is 4.65. The van der Waals surface area contributed by atoms with Crippen LogP contribution in [0.5, 0.6) is 23.0 Å². The Labute approximate surface area is 158 Å². The fraction of sp³-hybridized carbons (Fsp3) is 0.529. The Kier molecular flexibility index (Phi) is 6.56. The lowest BCUT2D eigenvalue weighted by Gasteiger charge is -2.36. The number of hydrogen-bond acceptors (Lipinski definition) is 10. The standard InChI is InChI=1S/C17H27N5O5/c1-17(2)21-15(18)20-16(19)22(17)27-8-6-7-26-11-9-12(23-3)14(25-5)13(10-11)24-4/h9-10H,6-8H2,1-5H3,(H4,18,19,20,21). The summed E-state index contributed by atoms with van der Waals surface area (Å²) >= 11 is 0. The molecule has 0 saturated heterocycles. The van der Waals surface area contributed by atoms with Gasteiger partial charge in [0.05, 0.1) is 34.5 Å². The van der Waals surface area contributed by atoms with Crippen molar-refractivity contribution in [1.82, 2.24) is 5.06 Å². The summed E-state index contributed by atoms with van der Waals surface area (Å²) in [4.78, 5) is 13.8. The Morgan fingerprint density at radius 2 is 1.63 bits per heavy atom. The van der Waals surface area contributed by atoms with E-state index in [4.69, 9.17) is 35.3 Å². The highest BCUT2D eigenvalue weighted by Crippen LogP contribution is 2.40. The zero-order chi connectivity index (χ0) is 20.0. The summed E-state index contributed by atoms with van der Waals surface area (Å²) in [6.07, 6.45) is 0.607. The molecule has 10 heteroatoms. The Bertz CT molecular complexity index is 695. The van der Waals surface area contributed by atoms with Crippen LogP contribution >= 0.6 is 0 Å². The third-order valence-electron chi connectivity index (χ3n) is 3.74. The average Bonchev–Trinajstić information content (AvgIpc) is 2.61. The lowest BCUT2D eigenvalue weighted by molar-refractivity contribution is -0.158. The summed E-state index contributed by atoms with van der Waals surface area (Å²) in [6, 6.07) is 3.47. The van der Waals surface area contributed by atoms with Crippen LogP contribution in [0.15, 0.2) is 22.1 Å². The number of nitrogens with two attached hydrogens (primary N) is 2. The first-order valence-electron chi connectivity index (χ1n) is 8.37. The third kappa shape index (κ3) is 4.85. The van der Waals surface area contributed by atoms with E-state index in [1.165, 1.54) is 5.06 Å². The van der Waals surface area contributed by atoms with Gasteiger partial charge < -0.3 is 30.4 Å². The quantitative estimate of drug-likeness (QED) is 0.609. The second-order valence-electron chi connectivity index (χ2n) is 6.13. The number of methoxy groups -OCH3 is 3. The van der Waals surface area contributed by atoms with Crippen LogP contribution in [0.3, 0.4) is 0 Å². The van der Waals surface area contributed by atoms with Crippen LogP contribution in [0, 0.1) is 0 Å². The van der Waals surface area contributed by atoms with Gasteiger partial charge in [0, 0.05) is 18.6 Å². The Morgan fingerprint density at radius 1 is 1.00 bits per heavy atom. The van der Waals surface area contributed by atoms with Crippen molar-refractivity contribution >= 4 is 11.9 Å². The third-order valence-corrected chi connectivity index (χ3v) is 3.74.